The first-order valence-corrected chi connectivity index (χ1v) is 12.2. The van der Waals surface area contributed by atoms with Crippen LogP contribution in [-0.4, -0.2) is 47.2 Å². The second kappa shape index (κ2) is 11.2. The maximum Gasteiger partial charge on any atom is 0.163 e. The SMILES string of the molecule is CC(=O)c1ccc(OCCCN2CCC(CO)CC2(c2ccc(F)cc2)c2ccc(F)cc2)cc1O. The molecule has 0 bridgehead atoms. The van der Waals surface area contributed by atoms with Gasteiger partial charge < -0.3 is 14.9 Å². The number of hydrogen-bond donors (Lipinski definition) is 2. The molecule has 1 fully saturated rings. The summed E-state index contributed by atoms with van der Waals surface area (Å²) in [5.41, 5.74) is 1.37. The van der Waals surface area contributed by atoms with Crippen molar-refractivity contribution in [3.05, 3.63) is 95.1 Å². The highest BCUT2D eigenvalue weighted by atomic mass is 19.1. The minimum Gasteiger partial charge on any atom is -0.507 e. The molecule has 0 amide bonds. The van der Waals surface area contributed by atoms with E-state index in [4.69, 9.17) is 4.74 Å². The molecule has 1 atom stereocenters. The first-order valence-electron chi connectivity index (χ1n) is 12.2. The Bertz CT molecular complexity index is 1140. The summed E-state index contributed by atoms with van der Waals surface area (Å²) in [6, 6.07) is 17.4. The molecule has 3 aromatic carbocycles. The van der Waals surface area contributed by atoms with E-state index in [1.54, 1.807) is 36.4 Å². The van der Waals surface area contributed by atoms with Crippen LogP contribution >= 0.6 is 0 Å². The number of phenols is 1. The Labute approximate surface area is 210 Å². The van der Waals surface area contributed by atoms with Gasteiger partial charge in [-0.1, -0.05) is 24.3 Å². The summed E-state index contributed by atoms with van der Waals surface area (Å²) in [6.45, 7) is 3.16. The summed E-state index contributed by atoms with van der Waals surface area (Å²) < 4.78 is 33.5. The zero-order chi connectivity index (χ0) is 25.7. The summed E-state index contributed by atoms with van der Waals surface area (Å²) in [5, 5.41) is 20.1. The third-order valence-corrected chi connectivity index (χ3v) is 7.02. The van der Waals surface area contributed by atoms with E-state index >= 15 is 0 Å². The van der Waals surface area contributed by atoms with Gasteiger partial charge in [-0.15, -0.1) is 0 Å². The lowest BCUT2D eigenvalue weighted by molar-refractivity contribution is 0.0239. The van der Waals surface area contributed by atoms with Gasteiger partial charge in [0.2, 0.25) is 0 Å². The van der Waals surface area contributed by atoms with Gasteiger partial charge in [-0.2, -0.15) is 0 Å². The fourth-order valence-electron chi connectivity index (χ4n) is 5.20. The minimum absolute atomic E-state index is 0.0425. The van der Waals surface area contributed by atoms with Gasteiger partial charge in [0, 0.05) is 19.2 Å². The lowest BCUT2D eigenvalue weighted by atomic mass is 9.71. The molecule has 0 aliphatic carbocycles. The lowest BCUT2D eigenvalue weighted by Gasteiger charge is -2.50. The van der Waals surface area contributed by atoms with Crippen LogP contribution in [0.15, 0.2) is 66.7 Å². The van der Waals surface area contributed by atoms with Crippen LogP contribution in [0, 0.1) is 17.6 Å². The molecule has 0 radical (unpaired) electrons. The van der Waals surface area contributed by atoms with E-state index in [9.17, 15) is 23.8 Å². The number of ketones is 1. The largest absolute Gasteiger partial charge is 0.507 e. The van der Waals surface area contributed by atoms with E-state index in [2.05, 4.69) is 4.90 Å². The third kappa shape index (κ3) is 5.42. The highest BCUT2D eigenvalue weighted by molar-refractivity contribution is 5.96. The van der Waals surface area contributed by atoms with Gasteiger partial charge in [-0.25, -0.2) is 8.78 Å². The van der Waals surface area contributed by atoms with Crippen LogP contribution in [0.3, 0.4) is 0 Å². The predicted octanol–water partition coefficient (Wildman–Crippen LogP) is 5.29. The number of halogens is 2. The van der Waals surface area contributed by atoms with Crippen LogP contribution < -0.4 is 4.74 Å². The van der Waals surface area contributed by atoms with Gasteiger partial charge in [-0.05, 0) is 86.2 Å². The number of aromatic hydroxyl groups is 1. The summed E-state index contributed by atoms with van der Waals surface area (Å²) >= 11 is 0. The van der Waals surface area contributed by atoms with Gasteiger partial charge in [-0.3, -0.25) is 9.69 Å². The number of ether oxygens (including phenoxy) is 1. The smallest absolute Gasteiger partial charge is 0.163 e. The standard InChI is InChI=1S/C29H31F2NO4/c1-20(34)27-12-11-26(17-28(27)35)36-16-2-14-32-15-13-21(19-33)18-29(32,22-3-7-24(30)8-4-22)23-5-9-25(31)10-6-23/h3-12,17,21,33,35H,2,13-16,18-19H2,1H3. The molecular weight excluding hydrogens is 464 g/mol. The minimum atomic E-state index is -0.658. The highest BCUT2D eigenvalue weighted by Crippen LogP contribution is 2.45. The molecule has 36 heavy (non-hydrogen) atoms. The van der Waals surface area contributed by atoms with Crippen LogP contribution in [0.4, 0.5) is 8.78 Å². The molecule has 0 saturated carbocycles. The van der Waals surface area contributed by atoms with Crippen molar-refractivity contribution in [2.24, 2.45) is 5.92 Å². The van der Waals surface area contributed by atoms with Gasteiger partial charge >= 0.3 is 0 Å². The first-order chi connectivity index (χ1) is 17.3. The van der Waals surface area contributed by atoms with Gasteiger partial charge in [0.25, 0.3) is 0 Å². The van der Waals surface area contributed by atoms with E-state index in [0.29, 0.717) is 38.3 Å². The average Bonchev–Trinajstić information content (AvgIpc) is 2.87. The zero-order valence-corrected chi connectivity index (χ0v) is 20.3. The molecule has 190 valence electrons. The average molecular weight is 496 g/mol. The van der Waals surface area contributed by atoms with Crippen LogP contribution in [-0.2, 0) is 5.54 Å². The van der Waals surface area contributed by atoms with Crippen LogP contribution in [0.25, 0.3) is 0 Å². The van der Waals surface area contributed by atoms with Gasteiger partial charge in [0.05, 0.1) is 17.7 Å². The van der Waals surface area contributed by atoms with Crippen molar-refractivity contribution in [3.63, 3.8) is 0 Å². The second-order valence-corrected chi connectivity index (χ2v) is 9.34. The number of rotatable bonds is 9. The van der Waals surface area contributed by atoms with Crippen molar-refractivity contribution in [1.29, 1.82) is 0 Å². The number of nitrogens with zero attached hydrogens (tertiary/aromatic N) is 1. The molecular formula is C29H31F2NO4. The Morgan fingerprint density at radius 2 is 1.64 bits per heavy atom. The maximum absolute atomic E-state index is 13.8. The van der Waals surface area contributed by atoms with Crippen molar-refractivity contribution in [1.82, 2.24) is 4.90 Å². The Hall–Kier alpha value is -3.29. The number of Topliss-reactive ketones (excluding diaryl/α,β-unsaturated/α-hetero) is 1. The van der Waals surface area contributed by atoms with E-state index in [1.807, 2.05) is 0 Å². The first kappa shape index (κ1) is 25.8. The van der Waals surface area contributed by atoms with E-state index < -0.39 is 5.54 Å². The van der Waals surface area contributed by atoms with Crippen molar-refractivity contribution < 1.29 is 28.5 Å². The monoisotopic (exact) mass is 495 g/mol. The fourth-order valence-corrected chi connectivity index (χ4v) is 5.20. The summed E-state index contributed by atoms with van der Waals surface area (Å²) in [6.07, 6.45) is 2.08. The quantitative estimate of drug-likeness (QED) is 0.312. The Morgan fingerprint density at radius 3 is 2.17 bits per heavy atom. The van der Waals surface area contributed by atoms with Crippen LogP contribution in [0.2, 0.25) is 0 Å². The molecule has 7 heteroatoms. The lowest BCUT2D eigenvalue weighted by Crippen LogP contribution is -2.53. The molecule has 1 aliphatic heterocycles. The number of likely N-dealkylation sites (tertiary alicyclic amines) is 1. The summed E-state index contributed by atoms with van der Waals surface area (Å²) in [4.78, 5) is 13.8. The molecule has 4 rings (SSSR count). The second-order valence-electron chi connectivity index (χ2n) is 9.34. The van der Waals surface area contributed by atoms with Gasteiger partial charge in [0.1, 0.15) is 23.1 Å². The molecule has 1 saturated heterocycles. The number of piperidine rings is 1. The molecule has 0 aromatic heterocycles. The Morgan fingerprint density at radius 1 is 1.03 bits per heavy atom. The van der Waals surface area contributed by atoms with Crippen molar-refractivity contribution in [2.45, 2.75) is 31.7 Å². The Balaban J connectivity index is 1.57. The molecule has 1 heterocycles. The van der Waals surface area contributed by atoms with Crippen molar-refractivity contribution in [3.8, 4) is 11.5 Å². The summed E-state index contributed by atoms with van der Waals surface area (Å²) in [7, 11) is 0. The van der Waals surface area contributed by atoms with Gasteiger partial charge in [0.15, 0.2) is 5.78 Å². The molecule has 1 unspecified atom stereocenters. The summed E-state index contributed by atoms with van der Waals surface area (Å²) in [5.74, 6) is -0.473. The molecule has 3 aromatic rings. The number of carbonyl (C=O) groups is 1. The third-order valence-electron chi connectivity index (χ3n) is 7.02. The van der Waals surface area contributed by atoms with E-state index in [-0.39, 0.29) is 41.3 Å². The fraction of sp³-hybridized carbons (Fsp3) is 0.345. The maximum atomic E-state index is 13.8. The number of phenolic OH excluding ortho intramolecular Hbond substituents is 1. The van der Waals surface area contributed by atoms with E-state index in [0.717, 1.165) is 17.5 Å². The number of aliphatic hydroxyl groups is 1. The van der Waals surface area contributed by atoms with Crippen molar-refractivity contribution >= 4 is 5.78 Å². The van der Waals surface area contributed by atoms with Crippen molar-refractivity contribution in [2.75, 3.05) is 26.3 Å². The van der Waals surface area contributed by atoms with Crippen LogP contribution in [0.5, 0.6) is 11.5 Å². The predicted molar refractivity (Wildman–Crippen MR) is 133 cm³/mol. The zero-order valence-electron chi connectivity index (χ0n) is 20.3. The van der Waals surface area contributed by atoms with Crippen LogP contribution in [0.1, 0.15) is 47.7 Å². The number of aliphatic hydroxyl groups excluding tert-OH is 1. The molecule has 2 N–H and O–H groups in total. The highest BCUT2D eigenvalue weighted by Gasteiger charge is 2.44. The molecule has 1 aliphatic rings. The topological polar surface area (TPSA) is 70.0 Å². The number of hydrogen-bond acceptors (Lipinski definition) is 5. The number of carbonyl (C=O) groups excluding carboxylic acids is 1. The Kier molecular flexibility index (Phi) is 8.01. The molecule has 5 nitrogen and oxygen atoms in total. The normalized spacial score (nSPS) is 17.6. The molecule has 0 spiro atoms. The van der Waals surface area contributed by atoms with E-state index in [1.165, 1.54) is 37.3 Å². The number of benzene rings is 3.